The quantitative estimate of drug-likeness (QED) is 0.711. The summed E-state index contributed by atoms with van der Waals surface area (Å²) in [6.45, 7) is 2.15. The van der Waals surface area contributed by atoms with E-state index in [2.05, 4.69) is 35.4 Å². The number of nitrogens with one attached hydrogen (secondary N) is 1. The first-order valence-electron chi connectivity index (χ1n) is 6.17. The zero-order valence-corrected chi connectivity index (χ0v) is 12.1. The summed E-state index contributed by atoms with van der Waals surface area (Å²) in [7, 11) is 0. The van der Waals surface area contributed by atoms with Crippen molar-refractivity contribution in [1.29, 1.82) is 0 Å². The first-order chi connectivity index (χ1) is 9.26. The van der Waals surface area contributed by atoms with Gasteiger partial charge >= 0.3 is 0 Å². The number of thiazole rings is 1. The Bertz CT molecular complexity index is 721. The molecule has 0 saturated carbocycles. The summed E-state index contributed by atoms with van der Waals surface area (Å²) in [5.41, 5.74) is 3.35. The van der Waals surface area contributed by atoms with Crippen molar-refractivity contribution < 1.29 is 0 Å². The van der Waals surface area contributed by atoms with Crippen LogP contribution in [0.1, 0.15) is 12.5 Å². The van der Waals surface area contributed by atoms with E-state index in [-0.39, 0.29) is 0 Å². The lowest BCUT2D eigenvalue weighted by Gasteiger charge is -2.07. The van der Waals surface area contributed by atoms with Crippen LogP contribution in [0.2, 0.25) is 5.02 Å². The van der Waals surface area contributed by atoms with E-state index in [4.69, 9.17) is 11.6 Å². The highest BCUT2D eigenvalue weighted by Crippen LogP contribution is 2.30. The molecule has 3 rings (SSSR count). The predicted octanol–water partition coefficient (Wildman–Crippen LogP) is 5.26. The predicted molar refractivity (Wildman–Crippen MR) is 83.7 cm³/mol. The van der Waals surface area contributed by atoms with E-state index in [1.807, 2.05) is 24.3 Å². The molecule has 0 atom stereocenters. The fraction of sp³-hybridized carbons (Fsp3) is 0.133. The maximum Gasteiger partial charge on any atom is 0.188 e. The van der Waals surface area contributed by atoms with Gasteiger partial charge in [0.1, 0.15) is 0 Å². The van der Waals surface area contributed by atoms with Crippen LogP contribution in [0.4, 0.5) is 10.8 Å². The number of aryl methyl sites for hydroxylation is 1. The number of halogens is 1. The number of para-hydroxylation sites is 1. The lowest BCUT2D eigenvalue weighted by molar-refractivity contribution is 1.14. The molecule has 1 heterocycles. The number of anilines is 2. The summed E-state index contributed by atoms with van der Waals surface area (Å²) in [5, 5.41) is 5.02. The molecule has 0 fully saturated rings. The van der Waals surface area contributed by atoms with Gasteiger partial charge in [0.05, 0.1) is 10.2 Å². The second-order valence-electron chi connectivity index (χ2n) is 4.27. The normalized spacial score (nSPS) is 10.8. The van der Waals surface area contributed by atoms with Crippen LogP contribution in [-0.4, -0.2) is 4.98 Å². The zero-order chi connectivity index (χ0) is 13.2. The van der Waals surface area contributed by atoms with E-state index >= 15 is 0 Å². The number of rotatable bonds is 3. The summed E-state index contributed by atoms with van der Waals surface area (Å²) in [4.78, 5) is 4.57. The minimum atomic E-state index is 0.721. The average molecular weight is 289 g/mol. The summed E-state index contributed by atoms with van der Waals surface area (Å²) in [5.74, 6) is 0. The van der Waals surface area contributed by atoms with Crippen molar-refractivity contribution >= 4 is 44.0 Å². The molecular weight excluding hydrogens is 276 g/mol. The molecule has 0 amide bonds. The largest absolute Gasteiger partial charge is 0.331 e. The van der Waals surface area contributed by atoms with Gasteiger partial charge in [-0.2, -0.15) is 0 Å². The minimum Gasteiger partial charge on any atom is -0.331 e. The Morgan fingerprint density at radius 2 is 2.05 bits per heavy atom. The van der Waals surface area contributed by atoms with Crippen LogP contribution in [0.25, 0.3) is 10.2 Å². The van der Waals surface area contributed by atoms with Gasteiger partial charge in [-0.15, -0.1) is 0 Å². The minimum absolute atomic E-state index is 0.721. The van der Waals surface area contributed by atoms with Crippen LogP contribution in [0.5, 0.6) is 0 Å². The van der Waals surface area contributed by atoms with Crippen LogP contribution in [0.3, 0.4) is 0 Å². The molecule has 0 bridgehead atoms. The number of hydrogen-bond donors (Lipinski definition) is 1. The molecule has 1 N–H and O–H groups in total. The summed E-state index contributed by atoms with van der Waals surface area (Å²) in [6.07, 6.45) is 1.000. The van der Waals surface area contributed by atoms with Crippen molar-refractivity contribution in [3.8, 4) is 0 Å². The maximum atomic E-state index is 5.98. The van der Waals surface area contributed by atoms with Crippen LogP contribution in [0.15, 0.2) is 42.5 Å². The van der Waals surface area contributed by atoms with E-state index in [0.29, 0.717) is 0 Å². The fourth-order valence-electron chi connectivity index (χ4n) is 2.02. The van der Waals surface area contributed by atoms with Gasteiger partial charge in [-0.25, -0.2) is 4.98 Å². The number of fused-ring (bicyclic) bond motifs is 1. The van der Waals surface area contributed by atoms with E-state index in [9.17, 15) is 0 Å². The van der Waals surface area contributed by atoms with Crippen molar-refractivity contribution in [2.45, 2.75) is 13.3 Å². The Balaban J connectivity index is 1.96. The summed E-state index contributed by atoms with van der Waals surface area (Å²) < 4.78 is 1.14. The molecule has 3 aromatic rings. The summed E-state index contributed by atoms with van der Waals surface area (Å²) >= 11 is 7.62. The number of nitrogens with zero attached hydrogens (tertiary/aromatic N) is 1. The van der Waals surface area contributed by atoms with Crippen LogP contribution >= 0.6 is 22.9 Å². The van der Waals surface area contributed by atoms with Crippen molar-refractivity contribution in [2.24, 2.45) is 0 Å². The maximum absolute atomic E-state index is 5.98. The van der Waals surface area contributed by atoms with Gasteiger partial charge in [0.15, 0.2) is 5.13 Å². The molecule has 0 spiro atoms. The SMILES string of the molecule is CCc1ccccc1Nc1nc2cc(Cl)ccc2s1. The van der Waals surface area contributed by atoms with Crippen molar-refractivity contribution in [3.63, 3.8) is 0 Å². The zero-order valence-electron chi connectivity index (χ0n) is 10.5. The standard InChI is InChI=1S/C15H13ClN2S/c1-2-10-5-3-4-6-12(10)17-15-18-13-9-11(16)7-8-14(13)19-15/h3-9H,2H2,1H3,(H,17,18). The smallest absolute Gasteiger partial charge is 0.188 e. The van der Waals surface area contributed by atoms with Crippen LogP contribution in [0, 0.1) is 0 Å². The van der Waals surface area contributed by atoms with Crippen LogP contribution in [-0.2, 0) is 6.42 Å². The van der Waals surface area contributed by atoms with Crippen molar-refractivity contribution in [2.75, 3.05) is 5.32 Å². The molecule has 4 heteroatoms. The third-order valence-electron chi connectivity index (χ3n) is 2.99. The molecule has 0 unspecified atom stereocenters. The third-order valence-corrected chi connectivity index (χ3v) is 4.18. The van der Waals surface area contributed by atoms with E-state index in [1.54, 1.807) is 11.3 Å². The number of aromatic nitrogens is 1. The van der Waals surface area contributed by atoms with E-state index < -0.39 is 0 Å². The Morgan fingerprint density at radius 1 is 1.21 bits per heavy atom. The van der Waals surface area contributed by atoms with Crippen molar-refractivity contribution in [1.82, 2.24) is 4.98 Å². The highest BCUT2D eigenvalue weighted by atomic mass is 35.5. The molecule has 0 aliphatic heterocycles. The Hall–Kier alpha value is -1.58. The molecule has 2 nitrogen and oxygen atoms in total. The second-order valence-corrected chi connectivity index (χ2v) is 5.73. The molecule has 19 heavy (non-hydrogen) atoms. The average Bonchev–Trinajstić information content (AvgIpc) is 2.80. The second kappa shape index (κ2) is 5.19. The molecule has 1 aromatic heterocycles. The Labute approximate surface area is 121 Å². The molecule has 0 aliphatic rings. The molecule has 96 valence electrons. The monoisotopic (exact) mass is 288 g/mol. The van der Waals surface area contributed by atoms with Gasteiger partial charge < -0.3 is 5.32 Å². The summed E-state index contributed by atoms with van der Waals surface area (Å²) in [6, 6.07) is 14.1. The first-order valence-corrected chi connectivity index (χ1v) is 7.36. The third kappa shape index (κ3) is 2.57. The van der Waals surface area contributed by atoms with Gasteiger partial charge in [-0.1, -0.05) is 48.1 Å². The molecule has 0 radical (unpaired) electrons. The first kappa shape index (κ1) is 12.5. The number of benzene rings is 2. The fourth-order valence-corrected chi connectivity index (χ4v) is 3.04. The lowest BCUT2D eigenvalue weighted by Crippen LogP contribution is -1.93. The van der Waals surface area contributed by atoms with Gasteiger partial charge in [0, 0.05) is 10.7 Å². The highest BCUT2D eigenvalue weighted by Gasteiger charge is 2.06. The van der Waals surface area contributed by atoms with E-state index in [0.717, 1.165) is 32.5 Å². The van der Waals surface area contributed by atoms with Crippen molar-refractivity contribution in [3.05, 3.63) is 53.1 Å². The lowest BCUT2D eigenvalue weighted by atomic mass is 10.1. The molecule has 0 saturated heterocycles. The van der Waals surface area contributed by atoms with Gasteiger partial charge in [0.2, 0.25) is 0 Å². The number of hydrogen-bond acceptors (Lipinski definition) is 3. The Morgan fingerprint density at radius 3 is 2.89 bits per heavy atom. The highest BCUT2D eigenvalue weighted by molar-refractivity contribution is 7.22. The van der Waals surface area contributed by atoms with E-state index in [1.165, 1.54) is 5.56 Å². The van der Waals surface area contributed by atoms with Gasteiger partial charge in [-0.05, 0) is 36.2 Å². The molecule has 0 aliphatic carbocycles. The molecular formula is C15H13ClN2S. The van der Waals surface area contributed by atoms with Crippen LogP contribution < -0.4 is 5.32 Å². The topological polar surface area (TPSA) is 24.9 Å². The Kier molecular flexibility index (Phi) is 3.40. The molecule has 2 aromatic carbocycles. The van der Waals surface area contributed by atoms with Gasteiger partial charge in [0.25, 0.3) is 0 Å². The van der Waals surface area contributed by atoms with Gasteiger partial charge in [-0.3, -0.25) is 0 Å².